The van der Waals surface area contributed by atoms with Crippen LogP contribution in [0, 0.1) is 13.8 Å². The third-order valence-electron chi connectivity index (χ3n) is 6.64. The van der Waals surface area contributed by atoms with E-state index < -0.39 is 86.1 Å². The lowest BCUT2D eigenvalue weighted by molar-refractivity contribution is -0.376. The molecule has 2 aromatic rings. The lowest BCUT2D eigenvalue weighted by atomic mass is 9.73. The Hall–Kier alpha value is -2.88. The van der Waals surface area contributed by atoms with Gasteiger partial charge in [0.2, 0.25) is 0 Å². The summed E-state index contributed by atoms with van der Waals surface area (Å²) in [5.74, 6) is 0. The second kappa shape index (κ2) is 9.08. The van der Waals surface area contributed by atoms with Gasteiger partial charge in [0, 0.05) is 27.9 Å². The van der Waals surface area contributed by atoms with Gasteiger partial charge >= 0.3 is 24.7 Å². The molecule has 2 rings (SSSR count). The highest BCUT2D eigenvalue weighted by molar-refractivity contribution is 5.63. The Balaban J connectivity index is 2.99. The fraction of sp³-hybridized carbons (Fsp3) is 0.478. The van der Waals surface area contributed by atoms with Gasteiger partial charge in [0.05, 0.1) is 0 Å². The molecule has 0 atom stereocenters. The van der Waals surface area contributed by atoms with Crippen LogP contribution in [0.2, 0.25) is 0 Å². The van der Waals surface area contributed by atoms with E-state index in [4.69, 9.17) is 11.5 Å². The van der Waals surface area contributed by atoms with Crippen molar-refractivity contribution in [1.82, 2.24) is 0 Å². The maximum atomic E-state index is 13.6. The quantitative estimate of drug-likeness (QED) is 0.246. The molecule has 0 aliphatic heterocycles. The van der Waals surface area contributed by atoms with Crippen molar-refractivity contribution in [3.8, 4) is 0 Å². The normalized spacial score (nSPS) is 14.6. The van der Waals surface area contributed by atoms with Crippen molar-refractivity contribution < 1.29 is 62.9 Å². The standard InChI is InChI=1S/C23H22F12N2O2/c1-9-5-11(7-13(15(9)36)18(38,20(24,25)26)21(27,28)29)17(3,4)12-6-10(2)16(37)14(8-12)19(39,22(30,31)32)23(33,34)35/h5-8,38-39H,36-37H2,1-4H3. The third kappa shape index (κ3) is 4.85. The average molecular weight is 586 g/mol. The minimum Gasteiger partial charge on any atom is -0.398 e. The molecule has 4 nitrogen and oxygen atoms in total. The van der Waals surface area contributed by atoms with Gasteiger partial charge in [0.15, 0.2) is 0 Å². The molecule has 0 aliphatic rings. The number of hydrogen-bond acceptors (Lipinski definition) is 4. The molecular weight excluding hydrogens is 564 g/mol. The number of nitrogens with two attached hydrogens (primary N) is 2. The van der Waals surface area contributed by atoms with E-state index in [1.165, 1.54) is 0 Å². The van der Waals surface area contributed by atoms with E-state index in [0.717, 1.165) is 39.8 Å². The van der Waals surface area contributed by atoms with Crippen LogP contribution in [0.4, 0.5) is 64.1 Å². The molecule has 6 N–H and O–H groups in total. The van der Waals surface area contributed by atoms with Crippen LogP contribution in [0.15, 0.2) is 24.3 Å². The van der Waals surface area contributed by atoms with Gasteiger partial charge in [-0.3, -0.25) is 0 Å². The molecule has 220 valence electrons. The summed E-state index contributed by atoms with van der Waals surface area (Å²) < 4.78 is 163. The Morgan fingerprint density at radius 3 is 0.949 bits per heavy atom. The summed E-state index contributed by atoms with van der Waals surface area (Å²) in [6.07, 6.45) is -25.4. The second-order valence-electron chi connectivity index (χ2n) is 9.55. The predicted molar refractivity (Wildman–Crippen MR) is 115 cm³/mol. The number of aryl methyl sites for hydroxylation is 2. The largest absolute Gasteiger partial charge is 0.430 e. The van der Waals surface area contributed by atoms with Crippen LogP contribution in [0.1, 0.15) is 47.2 Å². The molecule has 0 saturated heterocycles. The molecule has 0 fully saturated rings. The number of hydrogen-bond donors (Lipinski definition) is 4. The zero-order valence-electron chi connectivity index (χ0n) is 20.4. The Labute approximate surface area is 213 Å². The summed E-state index contributed by atoms with van der Waals surface area (Å²) in [5.41, 5.74) is -9.70. The Kier molecular flexibility index (Phi) is 7.52. The van der Waals surface area contributed by atoms with E-state index in [2.05, 4.69) is 0 Å². The fourth-order valence-corrected chi connectivity index (χ4v) is 4.02. The monoisotopic (exact) mass is 586 g/mol. The maximum Gasteiger partial charge on any atom is 0.430 e. The summed E-state index contributed by atoms with van der Waals surface area (Å²) in [4.78, 5) is 0. The van der Waals surface area contributed by atoms with Gasteiger partial charge in [-0.05, 0) is 48.2 Å². The third-order valence-corrected chi connectivity index (χ3v) is 6.64. The minimum absolute atomic E-state index is 0.217. The molecule has 16 heteroatoms. The number of alkyl halides is 12. The van der Waals surface area contributed by atoms with Crippen LogP contribution < -0.4 is 11.5 Å². The zero-order chi connectivity index (χ0) is 30.9. The van der Waals surface area contributed by atoms with Crippen LogP contribution >= 0.6 is 0 Å². The van der Waals surface area contributed by atoms with Gasteiger partial charge in [-0.2, -0.15) is 52.7 Å². The molecule has 0 spiro atoms. The van der Waals surface area contributed by atoms with Gasteiger partial charge in [0.1, 0.15) is 0 Å². The van der Waals surface area contributed by atoms with Crippen LogP contribution in [0.5, 0.6) is 0 Å². The first kappa shape index (κ1) is 32.3. The van der Waals surface area contributed by atoms with Gasteiger partial charge in [-0.25, -0.2) is 0 Å². The molecule has 0 saturated carbocycles. The van der Waals surface area contributed by atoms with Crippen LogP contribution in [-0.4, -0.2) is 34.9 Å². The summed E-state index contributed by atoms with van der Waals surface area (Å²) in [6, 6.07) is 2.34. The van der Waals surface area contributed by atoms with E-state index in [-0.39, 0.29) is 12.1 Å². The summed E-state index contributed by atoms with van der Waals surface area (Å²) in [7, 11) is 0. The fourth-order valence-electron chi connectivity index (χ4n) is 4.02. The molecule has 0 amide bonds. The van der Waals surface area contributed by atoms with Gasteiger partial charge in [-0.1, -0.05) is 26.0 Å². The molecule has 0 radical (unpaired) electrons. The molecular formula is C23H22F12N2O2. The number of benzene rings is 2. The van der Waals surface area contributed by atoms with E-state index >= 15 is 0 Å². The average Bonchev–Trinajstić information content (AvgIpc) is 2.72. The highest BCUT2D eigenvalue weighted by Crippen LogP contribution is 2.55. The second-order valence-corrected chi connectivity index (χ2v) is 9.55. The van der Waals surface area contributed by atoms with Crippen molar-refractivity contribution in [3.05, 3.63) is 57.6 Å². The highest BCUT2D eigenvalue weighted by atomic mass is 19.4. The first-order chi connectivity index (χ1) is 17.1. The molecule has 0 heterocycles. The maximum absolute atomic E-state index is 13.6. The van der Waals surface area contributed by atoms with Crippen LogP contribution in [0.25, 0.3) is 0 Å². The topological polar surface area (TPSA) is 92.5 Å². The van der Waals surface area contributed by atoms with Gasteiger partial charge in [-0.15, -0.1) is 0 Å². The van der Waals surface area contributed by atoms with Gasteiger partial charge < -0.3 is 21.7 Å². The van der Waals surface area contributed by atoms with Crippen molar-refractivity contribution in [2.75, 3.05) is 11.5 Å². The van der Waals surface area contributed by atoms with Crippen molar-refractivity contribution in [1.29, 1.82) is 0 Å². The predicted octanol–water partition coefficient (Wildman–Crippen LogP) is 6.42. The lowest BCUT2D eigenvalue weighted by Gasteiger charge is -2.37. The van der Waals surface area contributed by atoms with Crippen LogP contribution in [-0.2, 0) is 16.6 Å². The molecule has 0 aliphatic carbocycles. The number of aliphatic hydroxyl groups is 2. The van der Waals surface area contributed by atoms with E-state index in [1.807, 2.05) is 0 Å². The number of nitrogen functional groups attached to an aromatic ring is 2. The van der Waals surface area contributed by atoms with Crippen molar-refractivity contribution in [2.24, 2.45) is 0 Å². The summed E-state index contributed by atoms with van der Waals surface area (Å²) in [6.45, 7) is 4.10. The smallest absolute Gasteiger partial charge is 0.398 e. The lowest BCUT2D eigenvalue weighted by Crippen LogP contribution is -2.54. The SMILES string of the molecule is Cc1cc(C(C)(C)c2cc(C)c(N)c(C(O)(C(F)(F)F)C(F)(F)F)c2)cc(C(O)(C(F)(F)F)C(F)(F)F)c1N. The van der Waals surface area contributed by atoms with Crippen molar-refractivity contribution >= 4 is 11.4 Å². The first-order valence-corrected chi connectivity index (χ1v) is 10.6. The van der Waals surface area contributed by atoms with E-state index in [1.54, 1.807) is 0 Å². The number of anilines is 2. The molecule has 0 aromatic heterocycles. The Morgan fingerprint density at radius 1 is 0.513 bits per heavy atom. The zero-order valence-corrected chi connectivity index (χ0v) is 20.4. The van der Waals surface area contributed by atoms with Crippen LogP contribution in [0.3, 0.4) is 0 Å². The first-order valence-electron chi connectivity index (χ1n) is 10.6. The van der Waals surface area contributed by atoms with Gasteiger partial charge in [0.25, 0.3) is 11.2 Å². The minimum atomic E-state index is -6.34. The summed E-state index contributed by atoms with van der Waals surface area (Å²) in [5, 5.41) is 19.8. The number of rotatable bonds is 4. The molecule has 2 aromatic carbocycles. The molecule has 0 bridgehead atoms. The molecule has 39 heavy (non-hydrogen) atoms. The van der Waals surface area contributed by atoms with Crippen molar-refractivity contribution in [2.45, 2.75) is 69.0 Å². The highest BCUT2D eigenvalue weighted by Gasteiger charge is 2.73. The Morgan fingerprint density at radius 2 is 0.744 bits per heavy atom. The number of halogens is 12. The van der Waals surface area contributed by atoms with E-state index in [9.17, 15) is 62.9 Å². The summed E-state index contributed by atoms with van der Waals surface area (Å²) >= 11 is 0. The van der Waals surface area contributed by atoms with E-state index in [0.29, 0.717) is 0 Å². The Bertz CT molecular complexity index is 1130. The van der Waals surface area contributed by atoms with Crippen molar-refractivity contribution in [3.63, 3.8) is 0 Å². The molecule has 0 unspecified atom stereocenters.